The number of hydrogen-bond acceptors (Lipinski definition) is 7. The van der Waals surface area contributed by atoms with Crippen LogP contribution in [0.4, 0.5) is 32.0 Å². The number of nitrogens with one attached hydrogen (secondary N) is 1. The highest BCUT2D eigenvalue weighted by Gasteiger charge is 2.71. The van der Waals surface area contributed by atoms with Gasteiger partial charge in [0.15, 0.2) is 9.84 Å². The van der Waals surface area contributed by atoms with E-state index in [1.165, 1.54) is 25.1 Å². The van der Waals surface area contributed by atoms with E-state index in [0.717, 1.165) is 4.90 Å². The van der Waals surface area contributed by atoms with E-state index in [-0.39, 0.29) is 40.4 Å². The molecule has 41 heavy (non-hydrogen) atoms. The lowest BCUT2D eigenvalue weighted by Crippen LogP contribution is -2.53. The predicted molar refractivity (Wildman–Crippen MR) is 129 cm³/mol. The maximum absolute atomic E-state index is 13.3. The van der Waals surface area contributed by atoms with Crippen LogP contribution in [-0.4, -0.2) is 70.3 Å². The Kier molecular flexibility index (Phi) is 7.47. The molecular weight excluding hydrogens is 586 g/mol. The Hall–Kier alpha value is -3.21. The smallest absolute Gasteiger partial charge is 0.390 e. The number of carbonyl (C=O) groups excluding carboxylic acids is 2. The highest BCUT2D eigenvalue weighted by Crippen LogP contribution is 2.50. The van der Waals surface area contributed by atoms with E-state index in [9.17, 15) is 59.7 Å². The van der Waals surface area contributed by atoms with Crippen molar-refractivity contribution in [3.05, 3.63) is 59.2 Å². The number of halogens is 6. The summed E-state index contributed by atoms with van der Waals surface area (Å²) in [6.07, 6.45) is -14.0. The molecule has 2 aromatic carbocycles. The Morgan fingerprint density at radius 1 is 1.05 bits per heavy atom. The van der Waals surface area contributed by atoms with Crippen LogP contribution < -0.4 is 5.32 Å². The van der Waals surface area contributed by atoms with Crippen molar-refractivity contribution in [2.45, 2.75) is 66.9 Å². The van der Waals surface area contributed by atoms with Crippen LogP contribution in [0.1, 0.15) is 42.5 Å². The monoisotopic (exact) mass is 610 g/mol. The zero-order chi connectivity index (χ0) is 30.8. The quantitative estimate of drug-likeness (QED) is 0.353. The third kappa shape index (κ3) is 5.40. The van der Waals surface area contributed by atoms with Crippen LogP contribution >= 0.6 is 0 Å². The van der Waals surface area contributed by atoms with E-state index in [2.05, 4.69) is 5.32 Å². The fourth-order valence-corrected chi connectivity index (χ4v) is 5.56. The summed E-state index contributed by atoms with van der Waals surface area (Å²) in [7, 11) is -3.66. The molecule has 0 spiro atoms. The number of fused-ring (bicyclic) bond motifs is 1. The highest BCUT2D eigenvalue weighted by atomic mass is 32.2. The van der Waals surface area contributed by atoms with Crippen molar-refractivity contribution in [1.29, 1.82) is 0 Å². The van der Waals surface area contributed by atoms with Crippen molar-refractivity contribution in [3.8, 4) is 0 Å². The van der Waals surface area contributed by atoms with Gasteiger partial charge in [0, 0.05) is 24.2 Å². The molecule has 224 valence electrons. The minimum absolute atomic E-state index is 0.0687. The van der Waals surface area contributed by atoms with Gasteiger partial charge in [-0.3, -0.25) is 9.59 Å². The van der Waals surface area contributed by atoms with Crippen molar-refractivity contribution in [3.63, 3.8) is 0 Å². The van der Waals surface area contributed by atoms with E-state index >= 15 is 0 Å². The normalized spacial score (nSPS) is 22.8. The van der Waals surface area contributed by atoms with Crippen LogP contribution in [0.5, 0.6) is 0 Å². The van der Waals surface area contributed by atoms with Crippen molar-refractivity contribution in [2.24, 2.45) is 0 Å². The van der Waals surface area contributed by atoms with Gasteiger partial charge in [-0.05, 0) is 35.4 Å². The van der Waals surface area contributed by atoms with Gasteiger partial charge in [-0.2, -0.15) is 26.3 Å². The lowest BCUT2D eigenvalue weighted by Gasteiger charge is -2.32. The summed E-state index contributed by atoms with van der Waals surface area (Å²) in [5, 5.41) is 31.7. The van der Waals surface area contributed by atoms with E-state index in [1.54, 1.807) is 0 Å². The SMILES string of the molecule is CCS(=O)(=O)c1ccc2c(c1)CN(C(=O)CC1(O)CC1O)C2C(=O)Nc1ccc(C(O)(C(F)(F)F)C(F)(F)F)cc1. The second-order valence-corrected chi connectivity index (χ2v) is 12.2. The van der Waals surface area contributed by atoms with Gasteiger partial charge in [0.05, 0.1) is 23.2 Å². The second kappa shape index (κ2) is 9.96. The van der Waals surface area contributed by atoms with E-state index in [4.69, 9.17) is 0 Å². The number of aliphatic hydroxyl groups is 3. The number of alkyl halides is 6. The van der Waals surface area contributed by atoms with Crippen molar-refractivity contribution >= 4 is 27.3 Å². The molecule has 1 saturated carbocycles. The summed E-state index contributed by atoms with van der Waals surface area (Å²) in [5.41, 5.74) is -8.19. The predicted octanol–water partition coefficient (Wildman–Crippen LogP) is 2.70. The standard InChI is InChI=1S/C25H24F6N2O7S/c1-2-41(39,40)16-7-8-17-13(9-16)12-33(19(35)11-22(37)10-18(22)34)20(17)21(36)32-15-5-3-14(4-6-15)23(38,24(26,27)28)25(29,30)31/h3-9,18,20,34,37-38H,2,10-12H2,1H3,(H,32,36). The van der Waals surface area contributed by atoms with Crippen LogP contribution in [0.25, 0.3) is 0 Å². The van der Waals surface area contributed by atoms with Gasteiger partial charge in [-0.25, -0.2) is 8.42 Å². The number of sulfone groups is 1. The summed E-state index contributed by atoms with van der Waals surface area (Å²) >= 11 is 0. The number of rotatable bonds is 7. The van der Waals surface area contributed by atoms with E-state index < -0.39 is 69.3 Å². The molecule has 16 heteroatoms. The molecule has 1 aliphatic heterocycles. The molecule has 9 nitrogen and oxygen atoms in total. The van der Waals surface area contributed by atoms with Crippen molar-refractivity contribution < 1.29 is 59.7 Å². The molecular formula is C25H24F6N2O7S. The number of hydrogen-bond donors (Lipinski definition) is 4. The molecule has 0 aromatic heterocycles. The molecule has 1 heterocycles. The van der Waals surface area contributed by atoms with Gasteiger partial charge < -0.3 is 25.5 Å². The summed E-state index contributed by atoms with van der Waals surface area (Å²) in [4.78, 5) is 27.4. The first-order valence-electron chi connectivity index (χ1n) is 12.1. The third-order valence-corrected chi connectivity index (χ3v) is 8.96. The maximum Gasteiger partial charge on any atom is 0.430 e. The van der Waals surface area contributed by atoms with E-state index in [0.29, 0.717) is 24.3 Å². The summed E-state index contributed by atoms with van der Waals surface area (Å²) in [5.74, 6) is -1.94. The lowest BCUT2D eigenvalue weighted by molar-refractivity contribution is -0.376. The minimum Gasteiger partial charge on any atom is -0.390 e. The maximum atomic E-state index is 13.3. The zero-order valence-corrected chi connectivity index (χ0v) is 21.9. The fourth-order valence-electron chi connectivity index (χ4n) is 4.63. The van der Waals surface area contributed by atoms with Crippen molar-refractivity contribution in [2.75, 3.05) is 11.1 Å². The van der Waals surface area contributed by atoms with E-state index in [1.807, 2.05) is 0 Å². The van der Waals surface area contributed by atoms with Crippen LogP contribution in [-0.2, 0) is 31.6 Å². The first-order chi connectivity index (χ1) is 18.7. The molecule has 4 rings (SSSR count). The minimum atomic E-state index is -6.10. The van der Waals surface area contributed by atoms with Gasteiger partial charge in [0.2, 0.25) is 5.91 Å². The van der Waals surface area contributed by atoms with Crippen LogP contribution in [0.2, 0.25) is 0 Å². The average molecular weight is 611 g/mol. The van der Waals surface area contributed by atoms with Gasteiger partial charge >= 0.3 is 12.4 Å². The molecule has 1 fully saturated rings. The molecule has 0 saturated heterocycles. The first-order valence-corrected chi connectivity index (χ1v) is 13.7. The Balaban J connectivity index is 1.65. The number of amides is 2. The molecule has 4 N–H and O–H groups in total. The molecule has 2 aliphatic rings. The molecule has 2 aromatic rings. The Morgan fingerprint density at radius 3 is 2.10 bits per heavy atom. The Labute approximate surface area is 229 Å². The largest absolute Gasteiger partial charge is 0.430 e. The topological polar surface area (TPSA) is 144 Å². The lowest BCUT2D eigenvalue weighted by atomic mass is 9.92. The highest BCUT2D eigenvalue weighted by molar-refractivity contribution is 7.91. The van der Waals surface area contributed by atoms with Crippen LogP contribution in [0, 0.1) is 0 Å². The van der Waals surface area contributed by atoms with Gasteiger partial charge in [0.25, 0.3) is 11.5 Å². The number of aliphatic hydroxyl groups excluding tert-OH is 1. The van der Waals surface area contributed by atoms with Crippen LogP contribution in [0.3, 0.4) is 0 Å². The van der Waals surface area contributed by atoms with Gasteiger partial charge in [-0.15, -0.1) is 0 Å². The Morgan fingerprint density at radius 2 is 1.61 bits per heavy atom. The molecule has 3 atom stereocenters. The number of carbonyl (C=O) groups is 2. The fraction of sp³-hybridized carbons (Fsp3) is 0.440. The molecule has 3 unspecified atom stereocenters. The summed E-state index contributed by atoms with van der Waals surface area (Å²) in [6, 6.07) is 4.50. The summed E-state index contributed by atoms with van der Waals surface area (Å²) < 4.78 is 104. The van der Waals surface area contributed by atoms with Crippen LogP contribution in [0.15, 0.2) is 47.4 Å². The number of nitrogens with zero attached hydrogens (tertiary/aromatic N) is 1. The molecule has 0 radical (unpaired) electrons. The third-order valence-electron chi connectivity index (χ3n) is 7.22. The molecule has 2 amide bonds. The molecule has 1 aliphatic carbocycles. The molecule has 0 bridgehead atoms. The number of benzene rings is 2. The Bertz CT molecular complexity index is 1460. The van der Waals surface area contributed by atoms with Crippen molar-refractivity contribution in [1.82, 2.24) is 4.90 Å². The average Bonchev–Trinajstić information content (AvgIpc) is 3.28. The zero-order valence-electron chi connectivity index (χ0n) is 21.1. The first kappa shape index (κ1) is 30.7. The summed E-state index contributed by atoms with van der Waals surface area (Å²) in [6.45, 7) is 1.17. The van der Waals surface area contributed by atoms with Gasteiger partial charge in [0.1, 0.15) is 11.6 Å². The van der Waals surface area contributed by atoms with Gasteiger partial charge in [-0.1, -0.05) is 25.1 Å². The number of anilines is 1. The second-order valence-electron chi connectivity index (χ2n) is 9.96.